The van der Waals surface area contributed by atoms with E-state index in [4.69, 9.17) is 9.47 Å². The predicted molar refractivity (Wildman–Crippen MR) is 146 cm³/mol. The van der Waals surface area contributed by atoms with E-state index in [0.29, 0.717) is 18.5 Å². The summed E-state index contributed by atoms with van der Waals surface area (Å²) in [5, 5.41) is 10.0. The number of esters is 1. The molecule has 0 heterocycles. The molecule has 0 aliphatic heterocycles. The molecule has 0 saturated heterocycles. The molecule has 5 atom stereocenters. The average Bonchev–Trinajstić information content (AvgIpc) is 2.93. The Bertz CT molecular complexity index is 1040. The number of aldehydes is 1. The maximum atomic E-state index is 12.8. The molecule has 1 aromatic carbocycles. The van der Waals surface area contributed by atoms with Crippen molar-refractivity contribution in [2.75, 3.05) is 12.0 Å². The zero-order valence-corrected chi connectivity index (χ0v) is 22.7. The number of carbonyl (C=O) groups is 4. The van der Waals surface area contributed by atoms with Crippen LogP contribution >= 0.6 is 12.8 Å². The summed E-state index contributed by atoms with van der Waals surface area (Å²) in [5.41, 5.74) is 0.358. The zero-order chi connectivity index (χ0) is 27.7. The normalized spacial score (nSPS) is 24.3. The lowest BCUT2D eigenvalue weighted by Gasteiger charge is -2.37. The lowest BCUT2D eigenvalue weighted by atomic mass is 9.77. The monoisotopic (exact) mass is 544 g/mol. The van der Waals surface area contributed by atoms with Crippen molar-refractivity contribution in [3.05, 3.63) is 48.6 Å². The van der Waals surface area contributed by atoms with E-state index >= 15 is 0 Å². The molecular weight excluding hydrogens is 508 g/mol. The number of carboxylic acid groups (broad SMARTS) is 1. The quantitative estimate of drug-likeness (QED) is 0.128. The molecule has 1 aromatic rings. The fourth-order valence-electron chi connectivity index (χ4n) is 5.20. The van der Waals surface area contributed by atoms with Crippen LogP contribution in [0.3, 0.4) is 0 Å². The molecule has 0 aromatic heterocycles. The minimum Gasteiger partial charge on any atom is -0.469 e. The van der Waals surface area contributed by atoms with Gasteiger partial charge >= 0.3 is 18.2 Å². The van der Waals surface area contributed by atoms with Gasteiger partial charge < -0.3 is 19.4 Å². The third kappa shape index (κ3) is 6.98. The van der Waals surface area contributed by atoms with Crippen molar-refractivity contribution in [3.8, 4) is 5.75 Å². The number of hydrogen-bond acceptors (Lipinski definition) is 7. The molecular formula is C28H36N2O7S. The highest BCUT2D eigenvalue weighted by Gasteiger charge is 2.37. The smallest absolute Gasteiger partial charge is 0.425 e. The number of carbonyl (C=O) groups excluding carboxylic acids is 3. The number of thiol groups is 1. The van der Waals surface area contributed by atoms with E-state index in [9.17, 15) is 24.3 Å². The number of benzene rings is 1. The molecule has 0 radical (unpaired) electrons. The molecule has 2 aliphatic carbocycles. The van der Waals surface area contributed by atoms with Crippen LogP contribution in [0.2, 0.25) is 0 Å². The molecule has 3 rings (SSSR count). The lowest BCUT2D eigenvalue weighted by Crippen LogP contribution is -2.47. The van der Waals surface area contributed by atoms with Crippen LogP contribution < -0.4 is 9.64 Å². The molecule has 0 saturated carbocycles. The molecule has 206 valence electrons. The van der Waals surface area contributed by atoms with E-state index in [1.807, 2.05) is 12.2 Å². The summed E-state index contributed by atoms with van der Waals surface area (Å²) in [6, 6.07) is 4.79. The van der Waals surface area contributed by atoms with Gasteiger partial charge in [-0.05, 0) is 55.9 Å². The minimum atomic E-state index is -1.18. The summed E-state index contributed by atoms with van der Waals surface area (Å²) in [6.45, 7) is 2.12. The van der Waals surface area contributed by atoms with Crippen LogP contribution in [0, 0.1) is 17.8 Å². The van der Waals surface area contributed by atoms with Crippen LogP contribution in [0.5, 0.6) is 5.75 Å². The molecule has 10 heteroatoms. The van der Waals surface area contributed by atoms with Gasteiger partial charge in [0, 0.05) is 11.6 Å². The first-order valence-electron chi connectivity index (χ1n) is 13.0. The number of ether oxygens (including phenoxy) is 2. The standard InChI is InChI=1S/C28H36N2O7S/c1-3-4-5-9-19-10-8-13-24(23(19)18-31)29(27(33)34)20-14-16-21(17-15-20)37-28(35)30(38)25-12-7-6-11-22(25)26(32)36-2/h7-8,12-19,22-25,38H,3-6,9-11H2,1-2H3,(H,33,34). The zero-order valence-electron chi connectivity index (χ0n) is 21.8. The van der Waals surface area contributed by atoms with Crippen molar-refractivity contribution in [2.24, 2.45) is 17.8 Å². The van der Waals surface area contributed by atoms with Crippen molar-refractivity contribution in [1.29, 1.82) is 0 Å². The SMILES string of the molecule is CCCCCC1CC=CC(N(C(=O)O)c2ccc(OC(=O)N(S)C3C=CCCC3C(=O)OC)cc2)C1C=O. The second kappa shape index (κ2) is 14.0. The number of hydrogen-bond donors (Lipinski definition) is 2. The highest BCUT2D eigenvalue weighted by atomic mass is 32.1. The summed E-state index contributed by atoms with van der Waals surface area (Å²) in [7, 11) is 1.30. The van der Waals surface area contributed by atoms with Crippen molar-refractivity contribution >= 4 is 42.9 Å². The Labute approximate surface area is 229 Å². The summed E-state index contributed by atoms with van der Waals surface area (Å²) in [5.74, 6) is -1.17. The molecule has 2 aliphatic rings. The Balaban J connectivity index is 1.73. The van der Waals surface area contributed by atoms with E-state index in [0.717, 1.165) is 42.7 Å². The van der Waals surface area contributed by atoms with Crippen LogP contribution in [0.15, 0.2) is 48.6 Å². The minimum absolute atomic E-state index is 0.0835. The third-order valence-electron chi connectivity index (χ3n) is 7.23. The van der Waals surface area contributed by atoms with Crippen molar-refractivity contribution in [1.82, 2.24) is 4.31 Å². The van der Waals surface area contributed by atoms with Crippen molar-refractivity contribution in [3.63, 3.8) is 0 Å². The Morgan fingerprint density at radius 3 is 2.45 bits per heavy atom. The van der Waals surface area contributed by atoms with Crippen LogP contribution in [0.25, 0.3) is 0 Å². The molecule has 0 fully saturated rings. The Kier molecular flexibility index (Phi) is 10.8. The van der Waals surface area contributed by atoms with Crippen LogP contribution in [0.4, 0.5) is 15.3 Å². The second-order valence-corrected chi connectivity index (χ2v) is 10.0. The summed E-state index contributed by atoms with van der Waals surface area (Å²) in [4.78, 5) is 50.4. The molecule has 0 bridgehead atoms. The first-order valence-corrected chi connectivity index (χ1v) is 13.4. The van der Waals surface area contributed by atoms with Gasteiger partial charge in [-0.2, -0.15) is 0 Å². The number of rotatable bonds is 10. The molecule has 9 nitrogen and oxygen atoms in total. The highest BCUT2D eigenvalue weighted by Crippen LogP contribution is 2.35. The molecule has 2 amide bonds. The Morgan fingerprint density at radius 2 is 1.82 bits per heavy atom. The number of anilines is 1. The van der Waals surface area contributed by atoms with E-state index < -0.39 is 42.1 Å². The van der Waals surface area contributed by atoms with Gasteiger partial charge in [0.15, 0.2) is 0 Å². The summed E-state index contributed by atoms with van der Waals surface area (Å²) in [6.07, 6.45) is 12.2. The van der Waals surface area contributed by atoms with Gasteiger partial charge in [-0.1, -0.05) is 63.3 Å². The van der Waals surface area contributed by atoms with Gasteiger partial charge in [0.25, 0.3) is 0 Å². The Morgan fingerprint density at radius 1 is 1.11 bits per heavy atom. The number of nitrogens with zero attached hydrogens (tertiary/aromatic N) is 2. The van der Waals surface area contributed by atoms with Gasteiger partial charge in [0.1, 0.15) is 12.0 Å². The van der Waals surface area contributed by atoms with Crippen LogP contribution in [0.1, 0.15) is 51.9 Å². The van der Waals surface area contributed by atoms with Gasteiger partial charge in [0.05, 0.1) is 25.1 Å². The van der Waals surface area contributed by atoms with Crippen molar-refractivity contribution in [2.45, 2.75) is 64.0 Å². The largest absolute Gasteiger partial charge is 0.469 e. The number of amides is 2. The van der Waals surface area contributed by atoms with E-state index in [1.54, 1.807) is 12.2 Å². The lowest BCUT2D eigenvalue weighted by molar-refractivity contribution is -0.146. The van der Waals surface area contributed by atoms with Crippen LogP contribution in [-0.4, -0.2) is 53.0 Å². The van der Waals surface area contributed by atoms with Gasteiger partial charge in [-0.25, -0.2) is 13.9 Å². The van der Waals surface area contributed by atoms with E-state index in [-0.39, 0.29) is 11.7 Å². The van der Waals surface area contributed by atoms with E-state index in [1.165, 1.54) is 36.3 Å². The maximum Gasteiger partial charge on any atom is 0.425 e. The number of allylic oxidation sites excluding steroid dienone is 2. The number of methoxy groups -OCH3 is 1. The van der Waals surface area contributed by atoms with Gasteiger partial charge in [-0.3, -0.25) is 9.69 Å². The average molecular weight is 545 g/mol. The second-order valence-electron chi connectivity index (χ2n) is 9.61. The fraction of sp³-hybridized carbons (Fsp3) is 0.500. The maximum absolute atomic E-state index is 12.8. The Hall–Kier alpha value is -3.27. The first kappa shape index (κ1) is 29.3. The third-order valence-corrected chi connectivity index (χ3v) is 7.66. The highest BCUT2D eigenvalue weighted by molar-refractivity contribution is 7.78. The van der Waals surface area contributed by atoms with E-state index in [2.05, 4.69) is 19.7 Å². The molecule has 1 N–H and O–H groups in total. The molecule has 38 heavy (non-hydrogen) atoms. The molecule has 5 unspecified atom stereocenters. The summed E-state index contributed by atoms with van der Waals surface area (Å²) < 4.78 is 11.3. The topological polar surface area (TPSA) is 113 Å². The number of unbranched alkanes of at least 4 members (excludes halogenated alkanes) is 2. The van der Waals surface area contributed by atoms with Crippen molar-refractivity contribution < 1.29 is 33.8 Å². The first-order chi connectivity index (χ1) is 18.3. The van der Waals surface area contributed by atoms with Gasteiger partial charge in [0.2, 0.25) is 0 Å². The molecule has 0 spiro atoms. The van der Waals surface area contributed by atoms with Gasteiger partial charge in [-0.15, -0.1) is 0 Å². The fourth-order valence-corrected chi connectivity index (χ4v) is 5.48. The predicted octanol–water partition coefficient (Wildman–Crippen LogP) is 5.66. The summed E-state index contributed by atoms with van der Waals surface area (Å²) >= 11 is 4.27. The van der Waals surface area contributed by atoms with Crippen LogP contribution in [-0.2, 0) is 14.3 Å².